The molecule has 118 valence electrons. The number of ether oxygens (including phenoxy) is 1. The standard InChI is InChI=1S/C18H30N2O/c1-3-17-14-19-18(16-10-6-4-7-11-16)15-20(17)12-8-5-9-13-21-2/h4,6-7,10-11,17-19H,3,5,8-9,12-15H2,1-2H3. The number of benzene rings is 1. The van der Waals surface area contributed by atoms with E-state index < -0.39 is 0 Å². The average molecular weight is 290 g/mol. The highest BCUT2D eigenvalue weighted by Gasteiger charge is 2.26. The number of unbranched alkanes of at least 4 members (excludes halogenated alkanes) is 2. The molecule has 1 heterocycles. The second kappa shape index (κ2) is 9.19. The van der Waals surface area contributed by atoms with E-state index in [1.54, 1.807) is 7.11 Å². The van der Waals surface area contributed by atoms with Crippen LogP contribution in [0.2, 0.25) is 0 Å². The van der Waals surface area contributed by atoms with E-state index in [1.165, 1.54) is 37.8 Å². The molecule has 0 aliphatic carbocycles. The van der Waals surface area contributed by atoms with Crippen molar-refractivity contribution in [2.45, 2.75) is 44.7 Å². The van der Waals surface area contributed by atoms with Crippen molar-refractivity contribution in [1.29, 1.82) is 0 Å². The molecule has 2 unspecified atom stereocenters. The van der Waals surface area contributed by atoms with Crippen LogP contribution in [0.5, 0.6) is 0 Å². The molecule has 1 aliphatic rings. The second-order valence-electron chi connectivity index (χ2n) is 5.98. The minimum Gasteiger partial charge on any atom is -0.385 e. The van der Waals surface area contributed by atoms with Crippen LogP contribution in [0.1, 0.15) is 44.2 Å². The molecule has 3 heteroatoms. The summed E-state index contributed by atoms with van der Waals surface area (Å²) in [6.45, 7) is 6.65. The number of nitrogens with zero attached hydrogens (tertiary/aromatic N) is 1. The van der Waals surface area contributed by atoms with Crippen molar-refractivity contribution >= 4 is 0 Å². The maximum atomic E-state index is 5.13. The molecule has 2 atom stereocenters. The summed E-state index contributed by atoms with van der Waals surface area (Å²) in [6, 6.07) is 12.0. The molecule has 1 fully saturated rings. The van der Waals surface area contributed by atoms with Gasteiger partial charge in [-0.15, -0.1) is 0 Å². The van der Waals surface area contributed by atoms with Crippen LogP contribution in [0.25, 0.3) is 0 Å². The third-order valence-corrected chi connectivity index (χ3v) is 4.50. The molecular formula is C18H30N2O. The first-order valence-corrected chi connectivity index (χ1v) is 8.36. The molecular weight excluding hydrogens is 260 g/mol. The summed E-state index contributed by atoms with van der Waals surface area (Å²) < 4.78 is 5.13. The summed E-state index contributed by atoms with van der Waals surface area (Å²) >= 11 is 0. The van der Waals surface area contributed by atoms with Gasteiger partial charge in [-0.1, -0.05) is 37.3 Å². The Morgan fingerprint density at radius 2 is 2.00 bits per heavy atom. The Hall–Kier alpha value is -0.900. The van der Waals surface area contributed by atoms with E-state index in [1.807, 2.05) is 0 Å². The third-order valence-electron chi connectivity index (χ3n) is 4.50. The number of hydrogen-bond donors (Lipinski definition) is 1. The fourth-order valence-electron chi connectivity index (χ4n) is 3.18. The van der Waals surface area contributed by atoms with Gasteiger partial charge in [-0.05, 0) is 37.8 Å². The molecule has 2 rings (SSSR count). The van der Waals surface area contributed by atoms with E-state index in [0.29, 0.717) is 12.1 Å². The lowest BCUT2D eigenvalue weighted by Crippen LogP contribution is -2.52. The van der Waals surface area contributed by atoms with E-state index >= 15 is 0 Å². The SMILES string of the molecule is CCC1CNC(c2ccccc2)CN1CCCCCOC. The van der Waals surface area contributed by atoms with Crippen molar-refractivity contribution in [3.8, 4) is 0 Å². The average Bonchev–Trinajstić information content (AvgIpc) is 2.55. The zero-order valence-electron chi connectivity index (χ0n) is 13.6. The van der Waals surface area contributed by atoms with Crippen LogP contribution in [0.4, 0.5) is 0 Å². The lowest BCUT2D eigenvalue weighted by molar-refractivity contribution is 0.122. The van der Waals surface area contributed by atoms with Gasteiger partial charge in [0, 0.05) is 38.9 Å². The van der Waals surface area contributed by atoms with E-state index in [2.05, 4.69) is 47.5 Å². The predicted octanol–water partition coefficient (Wildman–Crippen LogP) is 3.23. The molecule has 3 nitrogen and oxygen atoms in total. The molecule has 1 aromatic rings. The Morgan fingerprint density at radius 3 is 2.71 bits per heavy atom. The Labute approximate surface area is 129 Å². The summed E-state index contributed by atoms with van der Waals surface area (Å²) in [5, 5.41) is 3.72. The summed E-state index contributed by atoms with van der Waals surface area (Å²) in [6.07, 6.45) is 4.96. The monoisotopic (exact) mass is 290 g/mol. The number of rotatable bonds is 8. The molecule has 0 saturated carbocycles. The van der Waals surface area contributed by atoms with Crippen molar-refractivity contribution in [2.75, 3.05) is 33.4 Å². The van der Waals surface area contributed by atoms with Gasteiger partial charge in [0.25, 0.3) is 0 Å². The first-order valence-electron chi connectivity index (χ1n) is 8.36. The largest absolute Gasteiger partial charge is 0.385 e. The van der Waals surface area contributed by atoms with E-state index in [9.17, 15) is 0 Å². The molecule has 0 bridgehead atoms. The highest BCUT2D eigenvalue weighted by Crippen LogP contribution is 2.21. The minimum absolute atomic E-state index is 0.480. The predicted molar refractivity (Wildman–Crippen MR) is 88.6 cm³/mol. The number of methoxy groups -OCH3 is 1. The Bertz CT molecular complexity index is 382. The third kappa shape index (κ3) is 5.10. The van der Waals surface area contributed by atoms with Crippen molar-refractivity contribution < 1.29 is 4.74 Å². The van der Waals surface area contributed by atoms with Gasteiger partial charge < -0.3 is 10.1 Å². The van der Waals surface area contributed by atoms with Crippen LogP contribution in [0, 0.1) is 0 Å². The first kappa shape index (κ1) is 16.5. The fraction of sp³-hybridized carbons (Fsp3) is 0.667. The van der Waals surface area contributed by atoms with Crippen molar-refractivity contribution in [3.05, 3.63) is 35.9 Å². The number of piperazine rings is 1. The molecule has 1 N–H and O–H groups in total. The van der Waals surface area contributed by atoms with Gasteiger partial charge in [0.1, 0.15) is 0 Å². The lowest BCUT2D eigenvalue weighted by Gasteiger charge is -2.40. The maximum Gasteiger partial charge on any atom is 0.0462 e. The summed E-state index contributed by atoms with van der Waals surface area (Å²) in [4.78, 5) is 2.68. The Kier molecular flexibility index (Phi) is 7.20. The molecule has 0 aromatic heterocycles. The highest BCUT2D eigenvalue weighted by molar-refractivity contribution is 5.20. The van der Waals surface area contributed by atoms with Gasteiger partial charge in [0.15, 0.2) is 0 Å². The van der Waals surface area contributed by atoms with Crippen LogP contribution in [0.3, 0.4) is 0 Å². The van der Waals surface area contributed by atoms with Gasteiger partial charge in [0.05, 0.1) is 0 Å². The van der Waals surface area contributed by atoms with E-state index in [4.69, 9.17) is 4.74 Å². The summed E-state index contributed by atoms with van der Waals surface area (Å²) in [5.41, 5.74) is 1.41. The minimum atomic E-state index is 0.480. The zero-order chi connectivity index (χ0) is 14.9. The van der Waals surface area contributed by atoms with E-state index in [-0.39, 0.29) is 0 Å². The fourth-order valence-corrected chi connectivity index (χ4v) is 3.18. The van der Waals surface area contributed by atoms with Crippen LogP contribution in [0.15, 0.2) is 30.3 Å². The van der Waals surface area contributed by atoms with Crippen molar-refractivity contribution in [2.24, 2.45) is 0 Å². The van der Waals surface area contributed by atoms with Crippen molar-refractivity contribution in [3.63, 3.8) is 0 Å². The topological polar surface area (TPSA) is 24.5 Å². The lowest BCUT2D eigenvalue weighted by atomic mass is 10.00. The van der Waals surface area contributed by atoms with Gasteiger partial charge in [-0.2, -0.15) is 0 Å². The van der Waals surface area contributed by atoms with Crippen LogP contribution in [-0.4, -0.2) is 44.3 Å². The molecule has 0 amide bonds. The maximum absolute atomic E-state index is 5.13. The van der Waals surface area contributed by atoms with Crippen LogP contribution < -0.4 is 5.32 Å². The van der Waals surface area contributed by atoms with Crippen LogP contribution >= 0.6 is 0 Å². The molecule has 0 spiro atoms. The quantitative estimate of drug-likeness (QED) is 0.744. The molecule has 0 radical (unpaired) electrons. The highest BCUT2D eigenvalue weighted by atomic mass is 16.5. The summed E-state index contributed by atoms with van der Waals surface area (Å²) in [7, 11) is 1.79. The number of hydrogen-bond acceptors (Lipinski definition) is 3. The first-order chi connectivity index (χ1) is 10.3. The Balaban J connectivity index is 1.84. The summed E-state index contributed by atoms with van der Waals surface area (Å²) in [5.74, 6) is 0. The molecule has 1 saturated heterocycles. The van der Waals surface area contributed by atoms with E-state index in [0.717, 1.165) is 19.7 Å². The van der Waals surface area contributed by atoms with Gasteiger partial charge >= 0.3 is 0 Å². The van der Waals surface area contributed by atoms with Crippen molar-refractivity contribution in [1.82, 2.24) is 10.2 Å². The Morgan fingerprint density at radius 1 is 1.19 bits per heavy atom. The number of nitrogens with one attached hydrogen (secondary N) is 1. The van der Waals surface area contributed by atoms with Gasteiger partial charge in [-0.25, -0.2) is 0 Å². The zero-order valence-corrected chi connectivity index (χ0v) is 13.6. The van der Waals surface area contributed by atoms with Gasteiger partial charge in [-0.3, -0.25) is 4.90 Å². The molecule has 1 aliphatic heterocycles. The van der Waals surface area contributed by atoms with Gasteiger partial charge in [0.2, 0.25) is 0 Å². The van der Waals surface area contributed by atoms with Crippen LogP contribution in [-0.2, 0) is 4.74 Å². The normalized spacial score (nSPS) is 23.3. The second-order valence-corrected chi connectivity index (χ2v) is 5.98. The molecule has 21 heavy (non-hydrogen) atoms. The smallest absolute Gasteiger partial charge is 0.0462 e. The molecule has 1 aromatic carbocycles.